The second kappa shape index (κ2) is 7.87. The molecule has 0 aliphatic heterocycles. The van der Waals surface area contributed by atoms with E-state index in [0.717, 1.165) is 17.4 Å². The second-order valence-electron chi connectivity index (χ2n) is 4.78. The summed E-state index contributed by atoms with van der Waals surface area (Å²) in [5.41, 5.74) is 1.32. The van der Waals surface area contributed by atoms with E-state index in [1.54, 1.807) is 11.8 Å². The minimum atomic E-state index is 0.391. The lowest BCUT2D eigenvalue weighted by atomic mass is 10.1. The molecule has 1 unspecified atom stereocenters. The zero-order valence-corrected chi connectivity index (χ0v) is 14.3. The zero-order valence-electron chi connectivity index (χ0n) is 11.9. The third-order valence-electron chi connectivity index (χ3n) is 3.13. The molecule has 1 nitrogen and oxygen atoms in total. The Morgan fingerprint density at radius 3 is 2.55 bits per heavy atom. The van der Waals surface area contributed by atoms with Crippen molar-refractivity contribution >= 4 is 27.7 Å². The molecule has 0 radical (unpaired) electrons. The van der Waals surface area contributed by atoms with E-state index in [2.05, 4.69) is 77.6 Å². The average molecular weight is 350 g/mol. The van der Waals surface area contributed by atoms with Gasteiger partial charge in [-0.05, 0) is 65.6 Å². The molecule has 106 valence electrons. The molecule has 0 bridgehead atoms. The molecule has 0 fully saturated rings. The highest BCUT2D eigenvalue weighted by Crippen LogP contribution is 2.34. The summed E-state index contributed by atoms with van der Waals surface area (Å²) in [6.45, 7) is 5.45. The van der Waals surface area contributed by atoms with Gasteiger partial charge in [-0.15, -0.1) is 0 Å². The van der Waals surface area contributed by atoms with Gasteiger partial charge in [0.25, 0.3) is 0 Å². The third kappa shape index (κ3) is 4.37. The van der Waals surface area contributed by atoms with E-state index in [0.29, 0.717) is 6.04 Å². The Labute approximate surface area is 134 Å². The van der Waals surface area contributed by atoms with Gasteiger partial charge in [0.05, 0.1) is 0 Å². The molecule has 0 aliphatic carbocycles. The van der Waals surface area contributed by atoms with Gasteiger partial charge in [0.15, 0.2) is 0 Å². The van der Waals surface area contributed by atoms with Crippen LogP contribution in [0.3, 0.4) is 0 Å². The first-order valence-corrected chi connectivity index (χ1v) is 8.57. The van der Waals surface area contributed by atoms with Gasteiger partial charge >= 0.3 is 0 Å². The van der Waals surface area contributed by atoms with E-state index >= 15 is 0 Å². The second-order valence-corrected chi connectivity index (χ2v) is 6.75. The van der Waals surface area contributed by atoms with Gasteiger partial charge in [0.2, 0.25) is 0 Å². The van der Waals surface area contributed by atoms with E-state index in [1.807, 2.05) is 6.07 Å². The maximum Gasteiger partial charge on any atom is 0.0318 e. The molecule has 0 heterocycles. The first-order valence-electron chi connectivity index (χ1n) is 6.96. The monoisotopic (exact) mass is 349 g/mol. The van der Waals surface area contributed by atoms with Gasteiger partial charge in [-0.3, -0.25) is 0 Å². The topological polar surface area (TPSA) is 12.0 Å². The first-order chi connectivity index (χ1) is 9.70. The highest BCUT2D eigenvalue weighted by Gasteiger charge is 2.08. The standard InChI is InChI=1S/C17H20BrNS/c1-3-11-19-13(2)14-9-10-17(16(18)12-14)20-15-7-5-4-6-8-15/h4-10,12-13,19H,3,11H2,1-2H3. The Morgan fingerprint density at radius 1 is 1.15 bits per heavy atom. The van der Waals surface area contributed by atoms with Crippen molar-refractivity contribution in [3.05, 3.63) is 58.6 Å². The molecule has 0 aromatic heterocycles. The van der Waals surface area contributed by atoms with Gasteiger partial charge < -0.3 is 5.32 Å². The SMILES string of the molecule is CCCNC(C)c1ccc(Sc2ccccc2)c(Br)c1. The predicted molar refractivity (Wildman–Crippen MR) is 91.4 cm³/mol. The van der Waals surface area contributed by atoms with Crippen molar-refractivity contribution in [1.82, 2.24) is 5.32 Å². The molecule has 2 rings (SSSR count). The van der Waals surface area contributed by atoms with Gasteiger partial charge in [-0.25, -0.2) is 0 Å². The minimum Gasteiger partial charge on any atom is -0.310 e. The van der Waals surface area contributed by atoms with Crippen molar-refractivity contribution < 1.29 is 0 Å². The summed E-state index contributed by atoms with van der Waals surface area (Å²) in [5, 5.41) is 3.52. The van der Waals surface area contributed by atoms with Crippen LogP contribution in [-0.2, 0) is 0 Å². The van der Waals surface area contributed by atoms with Crippen LogP contribution < -0.4 is 5.32 Å². The van der Waals surface area contributed by atoms with Gasteiger partial charge in [0.1, 0.15) is 0 Å². The fraction of sp³-hybridized carbons (Fsp3) is 0.294. The van der Waals surface area contributed by atoms with Crippen molar-refractivity contribution in [2.45, 2.75) is 36.1 Å². The lowest BCUT2D eigenvalue weighted by molar-refractivity contribution is 0.570. The third-order valence-corrected chi connectivity index (χ3v) is 5.13. The highest BCUT2D eigenvalue weighted by atomic mass is 79.9. The van der Waals surface area contributed by atoms with Crippen LogP contribution in [-0.4, -0.2) is 6.54 Å². The summed E-state index contributed by atoms with van der Waals surface area (Å²) in [6, 6.07) is 17.5. The molecule has 1 atom stereocenters. The Hall–Kier alpha value is -0.770. The van der Waals surface area contributed by atoms with Crippen molar-refractivity contribution in [2.75, 3.05) is 6.54 Å². The highest BCUT2D eigenvalue weighted by molar-refractivity contribution is 9.10. The summed E-state index contributed by atoms with van der Waals surface area (Å²) < 4.78 is 1.16. The Morgan fingerprint density at radius 2 is 1.90 bits per heavy atom. The minimum absolute atomic E-state index is 0.391. The molecule has 1 N–H and O–H groups in total. The summed E-state index contributed by atoms with van der Waals surface area (Å²) in [5.74, 6) is 0. The van der Waals surface area contributed by atoms with Crippen molar-refractivity contribution in [3.63, 3.8) is 0 Å². The van der Waals surface area contributed by atoms with Crippen molar-refractivity contribution in [1.29, 1.82) is 0 Å². The fourth-order valence-electron chi connectivity index (χ4n) is 1.96. The van der Waals surface area contributed by atoms with Crippen LogP contribution in [0.15, 0.2) is 62.8 Å². The van der Waals surface area contributed by atoms with Crippen molar-refractivity contribution in [2.24, 2.45) is 0 Å². The molecule has 0 spiro atoms. The molecule has 0 saturated carbocycles. The number of halogens is 1. The number of nitrogens with one attached hydrogen (secondary N) is 1. The Bertz CT molecular complexity index is 542. The Kier molecular flexibility index (Phi) is 6.14. The normalized spacial score (nSPS) is 12.3. The van der Waals surface area contributed by atoms with Crippen LogP contribution in [0.4, 0.5) is 0 Å². The molecule has 20 heavy (non-hydrogen) atoms. The maximum atomic E-state index is 3.69. The molecular formula is C17H20BrNS. The summed E-state index contributed by atoms with van der Waals surface area (Å²) in [6.07, 6.45) is 1.16. The molecule has 0 amide bonds. The van der Waals surface area contributed by atoms with E-state index in [1.165, 1.54) is 15.4 Å². The molecule has 0 saturated heterocycles. The van der Waals surface area contributed by atoms with Crippen LogP contribution in [0.25, 0.3) is 0 Å². The van der Waals surface area contributed by atoms with Crippen LogP contribution in [0.2, 0.25) is 0 Å². The molecular weight excluding hydrogens is 330 g/mol. The lowest BCUT2D eigenvalue weighted by Gasteiger charge is -2.15. The number of hydrogen-bond donors (Lipinski definition) is 1. The summed E-state index contributed by atoms with van der Waals surface area (Å²) in [4.78, 5) is 2.51. The lowest BCUT2D eigenvalue weighted by Crippen LogP contribution is -2.19. The van der Waals surface area contributed by atoms with Crippen LogP contribution in [0.1, 0.15) is 31.9 Å². The van der Waals surface area contributed by atoms with Crippen LogP contribution in [0.5, 0.6) is 0 Å². The van der Waals surface area contributed by atoms with Gasteiger partial charge in [-0.1, -0.05) is 43.0 Å². The van der Waals surface area contributed by atoms with Crippen molar-refractivity contribution in [3.8, 4) is 0 Å². The zero-order chi connectivity index (χ0) is 14.4. The van der Waals surface area contributed by atoms with E-state index < -0.39 is 0 Å². The van der Waals surface area contributed by atoms with Crippen LogP contribution in [0, 0.1) is 0 Å². The fourth-order valence-corrected chi connectivity index (χ4v) is 3.44. The average Bonchev–Trinajstić information content (AvgIpc) is 2.48. The number of benzene rings is 2. The van der Waals surface area contributed by atoms with E-state index in [-0.39, 0.29) is 0 Å². The molecule has 2 aromatic rings. The van der Waals surface area contributed by atoms with E-state index in [4.69, 9.17) is 0 Å². The molecule has 0 aliphatic rings. The number of hydrogen-bond acceptors (Lipinski definition) is 2. The predicted octanol–water partition coefficient (Wildman–Crippen LogP) is 5.66. The largest absolute Gasteiger partial charge is 0.310 e. The Balaban J connectivity index is 2.10. The van der Waals surface area contributed by atoms with Gasteiger partial charge in [0, 0.05) is 20.3 Å². The smallest absolute Gasteiger partial charge is 0.0318 e. The number of rotatable bonds is 6. The maximum absolute atomic E-state index is 3.69. The van der Waals surface area contributed by atoms with E-state index in [9.17, 15) is 0 Å². The quantitative estimate of drug-likeness (QED) is 0.721. The molecule has 2 aromatic carbocycles. The molecule has 3 heteroatoms. The van der Waals surface area contributed by atoms with Crippen LogP contribution >= 0.6 is 27.7 Å². The first kappa shape index (κ1) is 15.6. The summed E-state index contributed by atoms with van der Waals surface area (Å²) >= 11 is 5.48. The van der Waals surface area contributed by atoms with Gasteiger partial charge in [-0.2, -0.15) is 0 Å². The summed E-state index contributed by atoms with van der Waals surface area (Å²) in [7, 11) is 0.